The molecule has 2 aliphatic heterocycles. The number of benzene rings is 1. The molecule has 11 heteroatoms. The molecule has 0 unspecified atom stereocenters. The van der Waals surface area contributed by atoms with Crippen molar-refractivity contribution in [3.8, 4) is 5.75 Å². The number of rotatable bonds is 6. The first-order valence-corrected chi connectivity index (χ1v) is 13.0. The molecule has 3 aromatic rings. The molecule has 190 valence electrons. The average Bonchev–Trinajstić information content (AvgIpc) is 3.18. The van der Waals surface area contributed by atoms with E-state index in [1.54, 1.807) is 31.5 Å². The summed E-state index contributed by atoms with van der Waals surface area (Å²) >= 11 is 6.68. The maximum atomic E-state index is 13.6. The van der Waals surface area contributed by atoms with Crippen LogP contribution < -0.4 is 20.9 Å². The Morgan fingerprint density at radius 2 is 1.92 bits per heavy atom. The first-order valence-electron chi connectivity index (χ1n) is 11.8. The highest BCUT2D eigenvalue weighted by Gasteiger charge is 2.33. The molecule has 1 aromatic carbocycles. The third kappa shape index (κ3) is 4.96. The van der Waals surface area contributed by atoms with E-state index in [1.165, 1.54) is 21.1 Å². The van der Waals surface area contributed by atoms with E-state index in [1.807, 2.05) is 35.2 Å². The number of anilines is 1. The molecule has 2 N–H and O–H groups in total. The summed E-state index contributed by atoms with van der Waals surface area (Å²) in [6.45, 7) is 1.37. The number of aromatic nitrogens is 2. The van der Waals surface area contributed by atoms with Crippen molar-refractivity contribution in [3.05, 3.63) is 75.0 Å². The topological polar surface area (TPSA) is 110 Å². The molecule has 0 aliphatic carbocycles. The summed E-state index contributed by atoms with van der Waals surface area (Å²) in [6.07, 6.45) is 4.40. The van der Waals surface area contributed by atoms with E-state index in [-0.39, 0.29) is 23.3 Å². The van der Waals surface area contributed by atoms with Gasteiger partial charge >= 0.3 is 0 Å². The number of primary amides is 1. The zero-order valence-electron chi connectivity index (χ0n) is 20.1. The number of thiocarbonyl (C=S) groups is 1. The number of carbonyl (C=O) groups is 2. The highest BCUT2D eigenvalue weighted by atomic mass is 32.2. The van der Waals surface area contributed by atoms with Crippen LogP contribution in [0.3, 0.4) is 0 Å². The lowest BCUT2D eigenvalue weighted by Crippen LogP contribution is -2.40. The van der Waals surface area contributed by atoms with Gasteiger partial charge in [-0.2, -0.15) is 0 Å². The van der Waals surface area contributed by atoms with Gasteiger partial charge in [0.1, 0.15) is 21.5 Å². The molecule has 2 aliphatic rings. The molecule has 5 rings (SSSR count). The number of hydrogen-bond acceptors (Lipinski definition) is 8. The van der Waals surface area contributed by atoms with Gasteiger partial charge in [-0.25, -0.2) is 4.98 Å². The molecular formula is C26H25N5O4S2. The first kappa shape index (κ1) is 25.0. The number of carbonyl (C=O) groups excluding carboxylic acids is 2. The lowest BCUT2D eigenvalue weighted by Gasteiger charge is -2.32. The molecule has 2 amide bonds. The van der Waals surface area contributed by atoms with Gasteiger partial charge in [0.2, 0.25) is 5.91 Å². The van der Waals surface area contributed by atoms with Crippen LogP contribution in [0, 0.1) is 5.92 Å². The zero-order valence-corrected chi connectivity index (χ0v) is 21.8. The first-order chi connectivity index (χ1) is 17.9. The molecule has 0 saturated carbocycles. The van der Waals surface area contributed by atoms with Crippen molar-refractivity contribution in [1.82, 2.24) is 14.3 Å². The van der Waals surface area contributed by atoms with Crippen LogP contribution in [0.1, 0.15) is 24.0 Å². The Hall–Kier alpha value is -3.70. The lowest BCUT2D eigenvalue weighted by atomic mass is 9.96. The fourth-order valence-corrected chi connectivity index (χ4v) is 5.75. The monoisotopic (exact) mass is 535 g/mol. The molecule has 0 spiro atoms. The molecule has 2 aromatic heterocycles. The predicted molar refractivity (Wildman–Crippen MR) is 147 cm³/mol. The lowest BCUT2D eigenvalue weighted by molar-refractivity contribution is -0.123. The predicted octanol–water partition coefficient (Wildman–Crippen LogP) is 2.81. The summed E-state index contributed by atoms with van der Waals surface area (Å²) in [5.41, 5.74) is 6.94. The molecular weight excluding hydrogens is 510 g/mol. The van der Waals surface area contributed by atoms with Gasteiger partial charge in [0.05, 0.1) is 24.1 Å². The van der Waals surface area contributed by atoms with Gasteiger partial charge in [-0.1, -0.05) is 42.2 Å². The fraction of sp³-hybridized carbons (Fsp3) is 0.269. The van der Waals surface area contributed by atoms with Crippen LogP contribution in [-0.2, 0) is 16.1 Å². The Morgan fingerprint density at radius 1 is 1.19 bits per heavy atom. The standard InChI is InChI=1S/C26H25N5O4S2/c1-35-18-7-5-16(6-8-18)15-31-25(34)20(37-26(31)36)14-19-23(29-12-9-17(10-13-29)22(27)32)28-21-4-2-3-11-30(21)24(19)33/h2-8,11,14,17H,9-10,12-13,15H2,1H3,(H2,27,32)/b20-14-. The highest BCUT2D eigenvalue weighted by Crippen LogP contribution is 2.35. The maximum absolute atomic E-state index is 13.6. The van der Waals surface area contributed by atoms with E-state index < -0.39 is 0 Å². The molecule has 2 saturated heterocycles. The average molecular weight is 536 g/mol. The fourth-order valence-electron chi connectivity index (χ4n) is 4.52. The number of fused-ring (bicyclic) bond motifs is 1. The van der Waals surface area contributed by atoms with Gasteiger partial charge in [0, 0.05) is 25.2 Å². The molecule has 4 heterocycles. The van der Waals surface area contributed by atoms with E-state index in [2.05, 4.69) is 0 Å². The maximum Gasteiger partial charge on any atom is 0.267 e. The van der Waals surface area contributed by atoms with Crippen LogP contribution in [0.25, 0.3) is 11.7 Å². The highest BCUT2D eigenvalue weighted by molar-refractivity contribution is 8.26. The van der Waals surface area contributed by atoms with E-state index in [0.717, 1.165) is 11.3 Å². The van der Waals surface area contributed by atoms with Crippen LogP contribution in [0.5, 0.6) is 5.75 Å². The SMILES string of the molecule is COc1ccc(CN2C(=O)/C(=C/c3c(N4CCC(C(N)=O)CC4)nc4ccccn4c3=O)SC2=S)cc1. The van der Waals surface area contributed by atoms with Gasteiger partial charge in [-0.05, 0) is 48.7 Å². The summed E-state index contributed by atoms with van der Waals surface area (Å²) in [5, 5.41) is 0. The number of hydrogen-bond donors (Lipinski definition) is 1. The summed E-state index contributed by atoms with van der Waals surface area (Å²) < 4.78 is 7.08. The number of nitrogens with zero attached hydrogens (tertiary/aromatic N) is 4. The van der Waals surface area contributed by atoms with Crippen molar-refractivity contribution < 1.29 is 14.3 Å². The van der Waals surface area contributed by atoms with Gasteiger partial charge in [0.25, 0.3) is 11.5 Å². The molecule has 37 heavy (non-hydrogen) atoms. The third-order valence-electron chi connectivity index (χ3n) is 6.59. The number of methoxy groups -OCH3 is 1. The molecule has 0 bridgehead atoms. The van der Waals surface area contributed by atoms with Crippen LogP contribution in [0.4, 0.5) is 5.82 Å². The van der Waals surface area contributed by atoms with E-state index in [0.29, 0.717) is 58.7 Å². The van der Waals surface area contributed by atoms with Gasteiger partial charge in [-0.15, -0.1) is 0 Å². The minimum atomic E-state index is -0.313. The summed E-state index contributed by atoms with van der Waals surface area (Å²) in [7, 11) is 1.60. The van der Waals surface area contributed by atoms with Crippen molar-refractivity contribution in [2.45, 2.75) is 19.4 Å². The quantitative estimate of drug-likeness (QED) is 0.379. The second-order valence-electron chi connectivity index (χ2n) is 8.86. The Labute approximate surface area is 222 Å². The number of thioether (sulfide) groups is 1. The number of pyridine rings is 1. The van der Waals surface area contributed by atoms with Gasteiger partial charge in [-0.3, -0.25) is 23.7 Å². The smallest absolute Gasteiger partial charge is 0.267 e. The van der Waals surface area contributed by atoms with E-state index >= 15 is 0 Å². The second kappa shape index (κ2) is 10.3. The number of amides is 2. The Kier molecular flexibility index (Phi) is 6.98. The minimum Gasteiger partial charge on any atom is -0.497 e. The van der Waals surface area contributed by atoms with E-state index in [4.69, 9.17) is 27.7 Å². The molecule has 0 atom stereocenters. The van der Waals surface area contributed by atoms with Crippen LogP contribution in [0.2, 0.25) is 0 Å². The molecule has 2 fully saturated rings. The minimum absolute atomic E-state index is 0.199. The Bertz CT molecular complexity index is 1480. The van der Waals surface area contributed by atoms with Crippen molar-refractivity contribution >= 4 is 57.7 Å². The van der Waals surface area contributed by atoms with Crippen LogP contribution in [-0.4, -0.2) is 50.6 Å². The van der Waals surface area contributed by atoms with Crippen molar-refractivity contribution in [1.29, 1.82) is 0 Å². The molecule has 0 radical (unpaired) electrons. The van der Waals surface area contributed by atoms with E-state index in [9.17, 15) is 14.4 Å². The Morgan fingerprint density at radius 3 is 2.59 bits per heavy atom. The zero-order chi connectivity index (χ0) is 26.1. The normalized spacial score (nSPS) is 17.7. The number of ether oxygens (including phenoxy) is 1. The van der Waals surface area contributed by atoms with Crippen molar-refractivity contribution in [3.63, 3.8) is 0 Å². The summed E-state index contributed by atoms with van der Waals surface area (Å²) in [6, 6.07) is 12.8. The molecule has 9 nitrogen and oxygen atoms in total. The largest absolute Gasteiger partial charge is 0.497 e. The Balaban J connectivity index is 1.49. The number of nitrogens with two attached hydrogens (primary N) is 1. The van der Waals surface area contributed by atoms with Crippen molar-refractivity contribution in [2.24, 2.45) is 11.7 Å². The second-order valence-corrected chi connectivity index (χ2v) is 10.5. The van der Waals surface area contributed by atoms with Gasteiger partial charge in [0.15, 0.2) is 0 Å². The third-order valence-corrected chi connectivity index (χ3v) is 7.97. The van der Waals surface area contributed by atoms with Crippen molar-refractivity contribution in [2.75, 3.05) is 25.1 Å². The number of piperidine rings is 1. The summed E-state index contributed by atoms with van der Waals surface area (Å²) in [4.78, 5) is 47.2. The summed E-state index contributed by atoms with van der Waals surface area (Å²) in [5.74, 6) is 0.439. The van der Waals surface area contributed by atoms with Crippen LogP contribution >= 0.6 is 24.0 Å². The van der Waals surface area contributed by atoms with Gasteiger partial charge < -0.3 is 15.4 Å². The van der Waals surface area contributed by atoms with Crippen LogP contribution in [0.15, 0.2) is 58.4 Å².